The second-order valence-electron chi connectivity index (χ2n) is 2.76. The number of hydrogen-bond acceptors (Lipinski definition) is 1. The molecule has 1 rings (SSSR count). The van der Waals surface area contributed by atoms with E-state index in [4.69, 9.17) is 0 Å². The summed E-state index contributed by atoms with van der Waals surface area (Å²) < 4.78 is 1.94. The van der Waals surface area contributed by atoms with Crippen LogP contribution in [-0.4, -0.2) is 5.78 Å². The highest BCUT2D eigenvalue weighted by molar-refractivity contribution is 5.77. The van der Waals surface area contributed by atoms with Crippen molar-refractivity contribution in [3.05, 3.63) is 30.1 Å². The van der Waals surface area contributed by atoms with Crippen LogP contribution in [0.15, 0.2) is 24.5 Å². The van der Waals surface area contributed by atoms with Crippen LogP contribution in [0.5, 0.6) is 0 Å². The lowest BCUT2D eigenvalue weighted by molar-refractivity contribution is -0.671. The smallest absolute Gasteiger partial charge is 0.172 e. The van der Waals surface area contributed by atoms with Crippen LogP contribution < -0.4 is 4.57 Å². The molecule has 0 saturated heterocycles. The average molecular weight is 150 g/mol. The summed E-state index contributed by atoms with van der Waals surface area (Å²) in [4.78, 5) is 10.7. The Balaban J connectivity index is 2.79. The van der Waals surface area contributed by atoms with Gasteiger partial charge in [-0.15, -0.1) is 0 Å². The van der Waals surface area contributed by atoms with E-state index in [2.05, 4.69) is 0 Å². The number of aryl methyl sites for hydroxylation is 1. The Morgan fingerprint density at radius 3 is 2.91 bits per heavy atom. The first-order valence-electron chi connectivity index (χ1n) is 3.62. The summed E-state index contributed by atoms with van der Waals surface area (Å²) in [6, 6.07) is 3.90. The maximum atomic E-state index is 10.7. The van der Waals surface area contributed by atoms with Crippen LogP contribution in [-0.2, 0) is 18.3 Å². The third-order valence-corrected chi connectivity index (χ3v) is 1.45. The minimum atomic E-state index is 0.205. The standard InChI is InChI=1S/C9H12NO/c1-8(11)6-9-4-3-5-10(2)7-9/h3-5,7H,6H2,1-2H3/q+1. The molecule has 0 fully saturated rings. The maximum Gasteiger partial charge on any atom is 0.172 e. The molecule has 11 heavy (non-hydrogen) atoms. The maximum absolute atomic E-state index is 10.7. The van der Waals surface area contributed by atoms with Crippen LogP contribution in [0.1, 0.15) is 12.5 Å². The van der Waals surface area contributed by atoms with Crippen molar-refractivity contribution in [1.82, 2.24) is 0 Å². The van der Waals surface area contributed by atoms with Crippen molar-refractivity contribution in [3.63, 3.8) is 0 Å². The van der Waals surface area contributed by atoms with E-state index in [1.54, 1.807) is 6.92 Å². The van der Waals surface area contributed by atoms with E-state index in [0.29, 0.717) is 6.42 Å². The zero-order chi connectivity index (χ0) is 8.27. The monoisotopic (exact) mass is 150 g/mol. The third-order valence-electron chi connectivity index (χ3n) is 1.45. The van der Waals surface area contributed by atoms with Crippen molar-refractivity contribution in [2.75, 3.05) is 0 Å². The van der Waals surface area contributed by atoms with E-state index < -0.39 is 0 Å². The highest BCUT2D eigenvalue weighted by atomic mass is 16.1. The Morgan fingerprint density at radius 2 is 2.36 bits per heavy atom. The molecule has 0 bridgehead atoms. The molecule has 0 unspecified atom stereocenters. The minimum Gasteiger partial charge on any atom is -0.300 e. The van der Waals surface area contributed by atoms with Crippen molar-refractivity contribution in [2.45, 2.75) is 13.3 Å². The number of hydrogen-bond donors (Lipinski definition) is 0. The predicted octanol–water partition coefficient (Wildman–Crippen LogP) is 0.643. The van der Waals surface area contributed by atoms with Crippen molar-refractivity contribution in [3.8, 4) is 0 Å². The number of aromatic nitrogens is 1. The largest absolute Gasteiger partial charge is 0.300 e. The van der Waals surface area contributed by atoms with Gasteiger partial charge >= 0.3 is 0 Å². The quantitative estimate of drug-likeness (QED) is 0.567. The van der Waals surface area contributed by atoms with Gasteiger partial charge in [-0.25, -0.2) is 4.57 Å². The first-order chi connectivity index (χ1) is 5.18. The van der Waals surface area contributed by atoms with E-state index >= 15 is 0 Å². The Morgan fingerprint density at radius 1 is 1.64 bits per heavy atom. The molecule has 0 spiro atoms. The van der Waals surface area contributed by atoms with Crippen molar-refractivity contribution in [2.24, 2.45) is 7.05 Å². The van der Waals surface area contributed by atoms with E-state index in [1.165, 1.54) is 0 Å². The van der Waals surface area contributed by atoms with Crippen LogP contribution in [0.4, 0.5) is 0 Å². The fourth-order valence-electron chi connectivity index (χ4n) is 1.04. The van der Waals surface area contributed by atoms with Gasteiger partial charge in [-0.2, -0.15) is 0 Å². The molecule has 0 amide bonds. The second kappa shape index (κ2) is 3.28. The second-order valence-corrected chi connectivity index (χ2v) is 2.76. The van der Waals surface area contributed by atoms with Gasteiger partial charge in [0.1, 0.15) is 12.8 Å². The number of carbonyl (C=O) groups excluding carboxylic acids is 1. The SMILES string of the molecule is CC(=O)Cc1ccc[n+](C)c1. The van der Waals surface area contributed by atoms with Gasteiger partial charge in [0.25, 0.3) is 0 Å². The van der Waals surface area contributed by atoms with E-state index in [0.717, 1.165) is 5.56 Å². The Kier molecular flexibility index (Phi) is 2.36. The molecule has 0 atom stereocenters. The van der Waals surface area contributed by atoms with Crippen LogP contribution in [0.25, 0.3) is 0 Å². The summed E-state index contributed by atoms with van der Waals surface area (Å²) in [5.74, 6) is 0.205. The molecule has 0 aliphatic carbocycles. The van der Waals surface area contributed by atoms with Gasteiger partial charge in [0.2, 0.25) is 0 Å². The summed E-state index contributed by atoms with van der Waals surface area (Å²) >= 11 is 0. The topological polar surface area (TPSA) is 20.9 Å². The van der Waals surface area contributed by atoms with Crippen molar-refractivity contribution < 1.29 is 9.36 Å². The Bertz CT molecular complexity index is 268. The van der Waals surface area contributed by atoms with Crippen LogP contribution in [0, 0.1) is 0 Å². The number of pyridine rings is 1. The normalized spacial score (nSPS) is 9.64. The van der Waals surface area contributed by atoms with E-state index in [1.807, 2.05) is 36.1 Å². The molecule has 0 N–H and O–H groups in total. The first-order valence-corrected chi connectivity index (χ1v) is 3.62. The van der Waals surface area contributed by atoms with Gasteiger partial charge in [-0.3, -0.25) is 4.79 Å². The molecule has 2 nitrogen and oxygen atoms in total. The molecule has 1 aromatic heterocycles. The molecule has 1 heterocycles. The Labute approximate surface area is 66.5 Å². The number of nitrogens with zero attached hydrogens (tertiary/aromatic N) is 1. The summed E-state index contributed by atoms with van der Waals surface area (Å²) in [6.07, 6.45) is 4.44. The summed E-state index contributed by atoms with van der Waals surface area (Å²) in [6.45, 7) is 1.60. The molecule has 1 aromatic rings. The summed E-state index contributed by atoms with van der Waals surface area (Å²) in [7, 11) is 1.95. The van der Waals surface area contributed by atoms with Crippen LogP contribution >= 0.6 is 0 Å². The number of rotatable bonds is 2. The van der Waals surface area contributed by atoms with Gasteiger partial charge in [-0.1, -0.05) is 0 Å². The molecular formula is C9H12NO+. The van der Waals surface area contributed by atoms with Crippen LogP contribution in [0.2, 0.25) is 0 Å². The lowest BCUT2D eigenvalue weighted by Crippen LogP contribution is -2.27. The fraction of sp³-hybridized carbons (Fsp3) is 0.333. The van der Waals surface area contributed by atoms with Gasteiger partial charge in [-0.05, 0) is 13.0 Å². The number of ketones is 1. The van der Waals surface area contributed by atoms with Gasteiger partial charge in [0.15, 0.2) is 12.4 Å². The highest BCUT2D eigenvalue weighted by Gasteiger charge is 2.00. The molecule has 58 valence electrons. The first kappa shape index (κ1) is 7.92. The third kappa shape index (κ3) is 2.50. The summed E-state index contributed by atoms with van der Waals surface area (Å²) in [5, 5.41) is 0. The molecular weight excluding hydrogens is 138 g/mol. The number of Topliss-reactive ketones (excluding diaryl/α,β-unsaturated/α-hetero) is 1. The minimum absolute atomic E-state index is 0.205. The van der Waals surface area contributed by atoms with Gasteiger partial charge in [0, 0.05) is 18.1 Å². The molecule has 2 heteroatoms. The van der Waals surface area contributed by atoms with E-state index in [9.17, 15) is 4.79 Å². The summed E-state index contributed by atoms with van der Waals surface area (Å²) in [5.41, 5.74) is 1.07. The van der Waals surface area contributed by atoms with Crippen LogP contribution in [0.3, 0.4) is 0 Å². The fourth-order valence-corrected chi connectivity index (χ4v) is 1.04. The molecule has 0 aliphatic rings. The van der Waals surface area contributed by atoms with E-state index in [-0.39, 0.29) is 5.78 Å². The molecule has 0 aromatic carbocycles. The van der Waals surface area contributed by atoms with Crippen molar-refractivity contribution >= 4 is 5.78 Å². The lowest BCUT2D eigenvalue weighted by atomic mass is 10.1. The lowest BCUT2D eigenvalue weighted by Gasteiger charge is -1.93. The Hall–Kier alpha value is -1.18. The predicted molar refractivity (Wildman–Crippen MR) is 42.0 cm³/mol. The molecule has 0 saturated carbocycles. The highest BCUT2D eigenvalue weighted by Crippen LogP contribution is 1.95. The molecule has 0 radical (unpaired) electrons. The number of carbonyl (C=O) groups is 1. The van der Waals surface area contributed by atoms with Gasteiger partial charge < -0.3 is 0 Å². The van der Waals surface area contributed by atoms with Crippen molar-refractivity contribution in [1.29, 1.82) is 0 Å². The zero-order valence-electron chi connectivity index (χ0n) is 6.87. The average Bonchev–Trinajstić information content (AvgIpc) is 1.85. The van der Waals surface area contributed by atoms with Gasteiger partial charge in [0.05, 0.1) is 0 Å². The zero-order valence-corrected chi connectivity index (χ0v) is 6.87. The molecule has 0 aliphatic heterocycles.